The van der Waals surface area contributed by atoms with Crippen LogP contribution in [-0.4, -0.2) is 26.2 Å². The van der Waals surface area contributed by atoms with Gasteiger partial charge >= 0.3 is 0 Å². The number of amides is 1. The van der Waals surface area contributed by atoms with Crippen LogP contribution in [-0.2, 0) is 24.9 Å². The minimum Gasteiger partial charge on any atom is -0.343 e. The molecule has 0 spiro atoms. The normalized spacial score (nSPS) is 17.2. The number of hydrogen-bond acceptors (Lipinski definition) is 4. The molecule has 0 bridgehead atoms. The predicted octanol–water partition coefficient (Wildman–Crippen LogP) is 3.26. The Morgan fingerprint density at radius 2 is 1.68 bits per heavy atom. The summed E-state index contributed by atoms with van der Waals surface area (Å²) in [6.07, 6.45) is 0.423. The van der Waals surface area contributed by atoms with Gasteiger partial charge in [-0.3, -0.25) is 9.63 Å². The fraction of sp³-hybridized carbons (Fsp3) is 0.350. The molecule has 2 aromatic rings. The first-order chi connectivity index (χ1) is 12.1. The number of carbonyl (C=O) groups excluding carboxylic acids is 1. The summed E-state index contributed by atoms with van der Waals surface area (Å²) in [7, 11) is 1.42. The summed E-state index contributed by atoms with van der Waals surface area (Å²) >= 11 is 0. The average molecular weight is 341 g/mol. The SMILES string of the molecule is CONC(=O)[C@@H](C)CC1(c2ccc(-c3ccccc3)cc2)OCCO1. The van der Waals surface area contributed by atoms with Crippen LogP contribution in [0.2, 0.25) is 0 Å². The molecule has 0 aliphatic carbocycles. The molecular weight excluding hydrogens is 318 g/mol. The standard InChI is InChI=1S/C20H23NO4/c1-15(19(22)21-23-2)14-20(24-12-13-25-20)18-10-8-17(9-11-18)16-6-4-3-5-7-16/h3-11,15H,12-14H2,1-2H3,(H,21,22)/t15-/m0/s1. The van der Waals surface area contributed by atoms with Crippen molar-refractivity contribution in [3.63, 3.8) is 0 Å². The van der Waals surface area contributed by atoms with Gasteiger partial charge in [-0.1, -0.05) is 61.5 Å². The Morgan fingerprint density at radius 1 is 1.08 bits per heavy atom. The summed E-state index contributed by atoms with van der Waals surface area (Å²) in [6.45, 7) is 2.86. The van der Waals surface area contributed by atoms with Gasteiger partial charge in [-0.25, -0.2) is 5.48 Å². The topological polar surface area (TPSA) is 56.8 Å². The van der Waals surface area contributed by atoms with Crippen LogP contribution in [0.25, 0.3) is 11.1 Å². The van der Waals surface area contributed by atoms with Crippen LogP contribution < -0.4 is 5.48 Å². The summed E-state index contributed by atoms with van der Waals surface area (Å²) < 4.78 is 11.9. The summed E-state index contributed by atoms with van der Waals surface area (Å²) in [5, 5.41) is 0. The van der Waals surface area contributed by atoms with Gasteiger partial charge in [0.15, 0.2) is 5.79 Å². The molecule has 0 aromatic heterocycles. The number of carbonyl (C=O) groups is 1. The molecule has 25 heavy (non-hydrogen) atoms. The maximum atomic E-state index is 12.0. The molecule has 2 aromatic carbocycles. The van der Waals surface area contributed by atoms with E-state index in [2.05, 4.69) is 29.7 Å². The maximum absolute atomic E-state index is 12.0. The van der Waals surface area contributed by atoms with Crippen molar-refractivity contribution in [3.8, 4) is 11.1 Å². The summed E-state index contributed by atoms with van der Waals surface area (Å²) in [5.41, 5.74) is 5.57. The number of rotatable bonds is 6. The molecule has 0 unspecified atom stereocenters. The zero-order valence-corrected chi connectivity index (χ0v) is 14.5. The van der Waals surface area contributed by atoms with E-state index in [0.29, 0.717) is 19.6 Å². The zero-order chi connectivity index (χ0) is 17.7. The van der Waals surface area contributed by atoms with Crippen molar-refractivity contribution in [1.82, 2.24) is 5.48 Å². The van der Waals surface area contributed by atoms with Crippen molar-refractivity contribution in [1.29, 1.82) is 0 Å². The second-order valence-corrected chi connectivity index (χ2v) is 6.17. The van der Waals surface area contributed by atoms with Crippen LogP contribution >= 0.6 is 0 Å². The fourth-order valence-corrected chi connectivity index (χ4v) is 3.10. The number of hydroxylamine groups is 1. The van der Waals surface area contributed by atoms with E-state index in [1.54, 1.807) is 0 Å². The number of hydrogen-bond donors (Lipinski definition) is 1. The van der Waals surface area contributed by atoms with E-state index in [-0.39, 0.29) is 11.8 Å². The lowest BCUT2D eigenvalue weighted by Gasteiger charge is -2.30. The van der Waals surface area contributed by atoms with Gasteiger partial charge in [0.1, 0.15) is 0 Å². The second kappa shape index (κ2) is 7.78. The lowest BCUT2D eigenvalue weighted by Crippen LogP contribution is -2.36. The van der Waals surface area contributed by atoms with E-state index < -0.39 is 5.79 Å². The Labute approximate surface area is 147 Å². The second-order valence-electron chi connectivity index (χ2n) is 6.17. The average Bonchev–Trinajstić information content (AvgIpc) is 3.12. The molecule has 1 N–H and O–H groups in total. The third-order valence-corrected chi connectivity index (χ3v) is 4.41. The Bertz CT molecular complexity index is 693. The quantitative estimate of drug-likeness (QED) is 0.820. The number of benzene rings is 2. The lowest BCUT2D eigenvalue weighted by molar-refractivity contribution is -0.182. The molecule has 132 valence electrons. The van der Waals surface area contributed by atoms with Gasteiger partial charge in [0.2, 0.25) is 5.91 Å². The zero-order valence-electron chi connectivity index (χ0n) is 14.5. The molecule has 3 rings (SSSR count). The third-order valence-electron chi connectivity index (χ3n) is 4.41. The molecule has 5 nitrogen and oxygen atoms in total. The minimum absolute atomic E-state index is 0.193. The molecule has 1 heterocycles. The van der Waals surface area contributed by atoms with Gasteiger partial charge in [0.05, 0.1) is 20.3 Å². The molecule has 1 aliphatic rings. The van der Waals surface area contributed by atoms with Crippen LogP contribution in [0.15, 0.2) is 54.6 Å². The van der Waals surface area contributed by atoms with E-state index in [0.717, 1.165) is 16.7 Å². The smallest absolute Gasteiger partial charge is 0.246 e. The molecule has 5 heteroatoms. The lowest BCUT2D eigenvalue weighted by atomic mass is 9.92. The highest BCUT2D eigenvalue weighted by molar-refractivity contribution is 5.77. The Morgan fingerprint density at radius 3 is 2.28 bits per heavy atom. The van der Waals surface area contributed by atoms with Crippen LogP contribution in [0.1, 0.15) is 18.9 Å². The van der Waals surface area contributed by atoms with Crippen LogP contribution in [0.3, 0.4) is 0 Å². The summed E-state index contributed by atoms with van der Waals surface area (Å²) in [5.74, 6) is -1.39. The van der Waals surface area contributed by atoms with Crippen molar-refractivity contribution in [2.24, 2.45) is 5.92 Å². The highest BCUT2D eigenvalue weighted by atomic mass is 16.7. The van der Waals surface area contributed by atoms with Gasteiger partial charge in [-0.05, 0) is 11.1 Å². The minimum atomic E-state index is -0.889. The van der Waals surface area contributed by atoms with Gasteiger partial charge < -0.3 is 9.47 Å². The first-order valence-corrected chi connectivity index (χ1v) is 8.41. The van der Waals surface area contributed by atoms with Gasteiger partial charge in [0.25, 0.3) is 0 Å². The number of ether oxygens (including phenoxy) is 2. The number of nitrogens with one attached hydrogen (secondary N) is 1. The summed E-state index contributed by atoms with van der Waals surface area (Å²) in [6, 6.07) is 18.3. The monoisotopic (exact) mass is 341 g/mol. The van der Waals surface area contributed by atoms with Crippen LogP contribution in [0, 0.1) is 5.92 Å². The Kier molecular flexibility index (Phi) is 5.48. The van der Waals surface area contributed by atoms with E-state index >= 15 is 0 Å². The molecule has 1 fully saturated rings. The molecule has 0 saturated carbocycles. The largest absolute Gasteiger partial charge is 0.343 e. The van der Waals surface area contributed by atoms with Gasteiger partial charge in [0, 0.05) is 17.9 Å². The molecule has 1 saturated heterocycles. The van der Waals surface area contributed by atoms with Gasteiger partial charge in [-0.2, -0.15) is 0 Å². The predicted molar refractivity (Wildman–Crippen MR) is 94.4 cm³/mol. The van der Waals surface area contributed by atoms with Crippen molar-refractivity contribution in [2.75, 3.05) is 20.3 Å². The third kappa shape index (κ3) is 3.90. The molecule has 1 atom stereocenters. The van der Waals surface area contributed by atoms with Crippen LogP contribution in [0.4, 0.5) is 0 Å². The molecule has 1 amide bonds. The van der Waals surface area contributed by atoms with E-state index in [9.17, 15) is 4.79 Å². The fourth-order valence-electron chi connectivity index (χ4n) is 3.10. The van der Waals surface area contributed by atoms with Crippen molar-refractivity contribution in [3.05, 3.63) is 60.2 Å². The highest BCUT2D eigenvalue weighted by Crippen LogP contribution is 2.38. The van der Waals surface area contributed by atoms with Crippen molar-refractivity contribution in [2.45, 2.75) is 19.1 Å². The molecular formula is C20H23NO4. The van der Waals surface area contributed by atoms with E-state index in [1.807, 2.05) is 37.3 Å². The van der Waals surface area contributed by atoms with E-state index in [4.69, 9.17) is 14.3 Å². The van der Waals surface area contributed by atoms with Crippen molar-refractivity contribution < 1.29 is 19.1 Å². The first-order valence-electron chi connectivity index (χ1n) is 8.41. The first kappa shape index (κ1) is 17.6. The Hall–Kier alpha value is -2.21. The van der Waals surface area contributed by atoms with Crippen LogP contribution in [0.5, 0.6) is 0 Å². The van der Waals surface area contributed by atoms with Crippen molar-refractivity contribution >= 4 is 5.91 Å². The molecule has 1 aliphatic heterocycles. The summed E-state index contributed by atoms with van der Waals surface area (Å²) in [4.78, 5) is 16.7. The molecule has 0 radical (unpaired) electrons. The van der Waals surface area contributed by atoms with Gasteiger partial charge in [-0.15, -0.1) is 0 Å². The maximum Gasteiger partial charge on any atom is 0.246 e. The van der Waals surface area contributed by atoms with E-state index in [1.165, 1.54) is 7.11 Å². The highest BCUT2D eigenvalue weighted by Gasteiger charge is 2.41. The Balaban J connectivity index is 1.82.